The number of pyridine rings is 1. The topological polar surface area (TPSA) is 101 Å². The lowest BCUT2D eigenvalue weighted by molar-refractivity contribution is -0.127. The number of amides is 1. The third kappa shape index (κ3) is 3.26. The van der Waals surface area contributed by atoms with E-state index >= 15 is 0 Å². The largest absolute Gasteiger partial charge is 0.409 e. The highest BCUT2D eigenvalue weighted by atomic mass is 16.4. The minimum absolute atomic E-state index is 0.0887. The molecule has 1 atom stereocenters. The van der Waals surface area contributed by atoms with Crippen LogP contribution in [0.25, 0.3) is 0 Å². The molecule has 0 aliphatic heterocycles. The zero-order valence-electron chi connectivity index (χ0n) is 12.2. The Bertz CT molecular complexity index is 502. The van der Waals surface area contributed by atoms with Crippen LogP contribution in [-0.2, 0) is 17.8 Å². The van der Waals surface area contributed by atoms with Gasteiger partial charge in [0.25, 0.3) is 0 Å². The summed E-state index contributed by atoms with van der Waals surface area (Å²) in [6.07, 6.45) is 2.99. The predicted octanol–water partition coefficient (Wildman–Crippen LogP) is 1.42. The van der Waals surface area contributed by atoms with Crippen LogP contribution in [-0.4, -0.2) is 21.9 Å². The first-order valence-corrected chi connectivity index (χ1v) is 6.68. The van der Waals surface area contributed by atoms with Crippen molar-refractivity contribution < 1.29 is 10.0 Å². The van der Waals surface area contributed by atoms with Gasteiger partial charge in [-0.15, -0.1) is 0 Å². The van der Waals surface area contributed by atoms with E-state index < -0.39 is 5.41 Å². The number of nitrogens with one attached hydrogen (secondary N) is 1. The molecule has 0 saturated carbocycles. The molecule has 6 nitrogen and oxygen atoms in total. The fraction of sp³-hybridized carbons (Fsp3) is 0.500. The maximum Gasteiger partial charge on any atom is 0.233 e. The standard InChI is InChI=1S/C14H22N4O2/c1-4-10-7-6-8-16-11(10)9-17-13(19)14(3,5-2)12(15)18-20/h6-8,20H,4-5,9H2,1-3H3,(H2,15,18)(H,17,19). The molecule has 0 aliphatic rings. The summed E-state index contributed by atoms with van der Waals surface area (Å²) in [5.41, 5.74) is 6.52. The van der Waals surface area contributed by atoms with Crippen molar-refractivity contribution in [3.05, 3.63) is 29.6 Å². The van der Waals surface area contributed by atoms with Gasteiger partial charge >= 0.3 is 0 Å². The number of nitrogens with two attached hydrogens (primary N) is 1. The fourth-order valence-electron chi connectivity index (χ4n) is 1.88. The number of aromatic nitrogens is 1. The molecule has 1 aromatic heterocycles. The molecule has 1 unspecified atom stereocenters. The molecule has 0 bridgehead atoms. The van der Waals surface area contributed by atoms with E-state index in [0.29, 0.717) is 13.0 Å². The van der Waals surface area contributed by atoms with Crippen LogP contribution in [0.5, 0.6) is 0 Å². The van der Waals surface area contributed by atoms with E-state index in [4.69, 9.17) is 10.9 Å². The normalized spacial score (nSPS) is 14.7. The van der Waals surface area contributed by atoms with Gasteiger partial charge in [-0.05, 0) is 31.4 Å². The number of hydrogen-bond acceptors (Lipinski definition) is 4. The monoisotopic (exact) mass is 278 g/mol. The second-order valence-electron chi connectivity index (χ2n) is 4.82. The molecule has 0 saturated heterocycles. The Morgan fingerprint density at radius 2 is 2.25 bits per heavy atom. The van der Waals surface area contributed by atoms with Gasteiger partial charge in [-0.25, -0.2) is 0 Å². The Morgan fingerprint density at radius 3 is 2.80 bits per heavy atom. The first-order valence-electron chi connectivity index (χ1n) is 6.68. The number of amidine groups is 1. The summed E-state index contributed by atoms with van der Waals surface area (Å²) in [7, 11) is 0. The lowest BCUT2D eigenvalue weighted by Crippen LogP contribution is -2.47. The average molecular weight is 278 g/mol. The van der Waals surface area contributed by atoms with Gasteiger partial charge in [0.2, 0.25) is 5.91 Å². The van der Waals surface area contributed by atoms with Crippen LogP contribution in [0.15, 0.2) is 23.5 Å². The molecule has 0 spiro atoms. The van der Waals surface area contributed by atoms with Gasteiger partial charge < -0.3 is 16.3 Å². The molecule has 4 N–H and O–H groups in total. The maximum absolute atomic E-state index is 12.3. The summed E-state index contributed by atoms with van der Waals surface area (Å²) in [5, 5.41) is 14.6. The molecular formula is C14H22N4O2. The number of carbonyl (C=O) groups excluding carboxylic acids is 1. The fourth-order valence-corrected chi connectivity index (χ4v) is 1.88. The van der Waals surface area contributed by atoms with E-state index in [0.717, 1.165) is 17.7 Å². The molecule has 0 aromatic carbocycles. The highest BCUT2D eigenvalue weighted by molar-refractivity contribution is 6.06. The van der Waals surface area contributed by atoms with Crippen molar-refractivity contribution in [2.75, 3.05) is 0 Å². The average Bonchev–Trinajstić information content (AvgIpc) is 2.50. The molecule has 1 rings (SSSR count). The minimum atomic E-state index is -1.02. The molecule has 1 amide bonds. The van der Waals surface area contributed by atoms with Crippen LogP contribution in [0.4, 0.5) is 0 Å². The van der Waals surface area contributed by atoms with Crippen molar-refractivity contribution in [2.24, 2.45) is 16.3 Å². The third-order valence-corrected chi connectivity index (χ3v) is 3.66. The lowest BCUT2D eigenvalue weighted by atomic mass is 9.85. The zero-order chi connectivity index (χ0) is 15.2. The van der Waals surface area contributed by atoms with Crippen LogP contribution >= 0.6 is 0 Å². The van der Waals surface area contributed by atoms with Gasteiger partial charge in [0.1, 0.15) is 5.41 Å². The lowest BCUT2D eigenvalue weighted by Gasteiger charge is -2.25. The van der Waals surface area contributed by atoms with E-state index in [1.54, 1.807) is 13.1 Å². The quantitative estimate of drug-likeness (QED) is 0.317. The Balaban J connectivity index is 2.81. The van der Waals surface area contributed by atoms with Crippen molar-refractivity contribution in [2.45, 2.75) is 40.2 Å². The summed E-state index contributed by atoms with van der Waals surface area (Å²) in [5.74, 6) is -0.364. The molecule has 1 aromatic rings. The van der Waals surface area contributed by atoms with Crippen molar-refractivity contribution in [1.82, 2.24) is 10.3 Å². The number of oxime groups is 1. The molecular weight excluding hydrogens is 256 g/mol. The summed E-state index contributed by atoms with van der Waals surface area (Å²) < 4.78 is 0. The molecule has 0 aliphatic carbocycles. The highest BCUT2D eigenvalue weighted by Crippen LogP contribution is 2.21. The van der Waals surface area contributed by atoms with Crippen LogP contribution < -0.4 is 11.1 Å². The van der Waals surface area contributed by atoms with Crippen LogP contribution in [0, 0.1) is 5.41 Å². The molecule has 0 fully saturated rings. The highest BCUT2D eigenvalue weighted by Gasteiger charge is 2.36. The Kier molecular flexibility index (Phi) is 5.49. The summed E-state index contributed by atoms with van der Waals surface area (Å²) in [6.45, 7) is 5.83. The van der Waals surface area contributed by atoms with E-state index in [-0.39, 0.29) is 11.7 Å². The van der Waals surface area contributed by atoms with E-state index in [9.17, 15) is 4.79 Å². The Labute approximate surface area is 119 Å². The van der Waals surface area contributed by atoms with Gasteiger partial charge in [0.15, 0.2) is 5.84 Å². The van der Waals surface area contributed by atoms with Crippen molar-refractivity contribution >= 4 is 11.7 Å². The summed E-state index contributed by atoms with van der Waals surface area (Å²) in [6, 6.07) is 3.85. The maximum atomic E-state index is 12.3. The van der Waals surface area contributed by atoms with Gasteiger partial charge in [-0.1, -0.05) is 25.1 Å². The predicted molar refractivity (Wildman–Crippen MR) is 77.3 cm³/mol. The van der Waals surface area contributed by atoms with Gasteiger partial charge in [-0.2, -0.15) is 0 Å². The van der Waals surface area contributed by atoms with Crippen LogP contribution in [0.3, 0.4) is 0 Å². The number of aryl methyl sites for hydroxylation is 1. The van der Waals surface area contributed by atoms with Crippen LogP contribution in [0.1, 0.15) is 38.4 Å². The number of hydrogen-bond donors (Lipinski definition) is 3. The van der Waals surface area contributed by atoms with Crippen molar-refractivity contribution in [3.63, 3.8) is 0 Å². The second kappa shape index (κ2) is 6.88. The number of rotatable bonds is 6. The van der Waals surface area contributed by atoms with Gasteiger partial charge in [-0.3, -0.25) is 9.78 Å². The van der Waals surface area contributed by atoms with E-state index in [2.05, 4.69) is 15.5 Å². The molecule has 0 radical (unpaired) electrons. The first-order chi connectivity index (χ1) is 9.49. The smallest absolute Gasteiger partial charge is 0.233 e. The molecule has 20 heavy (non-hydrogen) atoms. The Morgan fingerprint density at radius 1 is 1.55 bits per heavy atom. The summed E-state index contributed by atoms with van der Waals surface area (Å²) >= 11 is 0. The molecule has 1 heterocycles. The Hall–Kier alpha value is -2.11. The van der Waals surface area contributed by atoms with Gasteiger partial charge in [0.05, 0.1) is 12.2 Å². The van der Waals surface area contributed by atoms with Crippen molar-refractivity contribution in [3.8, 4) is 0 Å². The van der Waals surface area contributed by atoms with Crippen LogP contribution in [0.2, 0.25) is 0 Å². The van der Waals surface area contributed by atoms with Crippen molar-refractivity contribution in [1.29, 1.82) is 0 Å². The second-order valence-corrected chi connectivity index (χ2v) is 4.82. The molecule has 110 valence electrons. The zero-order valence-corrected chi connectivity index (χ0v) is 12.2. The van der Waals surface area contributed by atoms with E-state index in [1.807, 2.05) is 26.0 Å². The number of carbonyl (C=O) groups is 1. The third-order valence-electron chi connectivity index (χ3n) is 3.66. The minimum Gasteiger partial charge on any atom is -0.409 e. The SMILES string of the molecule is CCc1cccnc1CNC(=O)C(C)(CC)/C(N)=N/O. The number of nitrogens with zero attached hydrogens (tertiary/aromatic N) is 2. The van der Waals surface area contributed by atoms with Gasteiger partial charge in [0, 0.05) is 6.20 Å². The van der Waals surface area contributed by atoms with E-state index in [1.165, 1.54) is 0 Å². The molecule has 6 heteroatoms. The first kappa shape index (κ1) is 15.9. The summed E-state index contributed by atoms with van der Waals surface area (Å²) in [4.78, 5) is 16.5.